The summed E-state index contributed by atoms with van der Waals surface area (Å²) in [5, 5.41) is 16.5. The lowest BCUT2D eigenvalue weighted by molar-refractivity contribution is -0.383. The number of amides is 1. The molecule has 0 unspecified atom stereocenters. The van der Waals surface area contributed by atoms with Crippen molar-refractivity contribution in [1.29, 1.82) is 0 Å². The predicted octanol–water partition coefficient (Wildman–Crippen LogP) is 3.23. The number of nitrogens with zero attached hydrogens (tertiary/aromatic N) is 1. The number of carbonyl (C=O) groups is 1. The van der Waals surface area contributed by atoms with Gasteiger partial charge in [-0.2, -0.15) is 0 Å². The van der Waals surface area contributed by atoms with Crippen molar-refractivity contribution in [1.82, 2.24) is 0 Å². The van der Waals surface area contributed by atoms with Crippen molar-refractivity contribution in [3.63, 3.8) is 0 Å². The maximum absolute atomic E-state index is 11.3. The van der Waals surface area contributed by atoms with Crippen molar-refractivity contribution in [2.45, 2.75) is 20.8 Å². The molecule has 0 fully saturated rings. The Hall–Kier alpha value is -2.31. The lowest BCUT2D eigenvalue weighted by atomic mass is 10.2. The van der Waals surface area contributed by atoms with Crippen LogP contribution in [-0.4, -0.2) is 24.2 Å². The fourth-order valence-electron chi connectivity index (χ4n) is 1.51. The highest BCUT2D eigenvalue weighted by Gasteiger charge is 2.15. The molecule has 2 N–H and O–H groups in total. The smallest absolute Gasteiger partial charge is 0.411 e. The number of hydrogen-bond donors (Lipinski definition) is 2. The van der Waals surface area contributed by atoms with E-state index in [0.717, 1.165) is 0 Å². The molecule has 7 nitrogen and oxygen atoms in total. The van der Waals surface area contributed by atoms with E-state index in [4.69, 9.17) is 4.74 Å². The average Bonchev–Trinajstić information content (AvgIpc) is 2.36. The van der Waals surface area contributed by atoms with Gasteiger partial charge in [0.1, 0.15) is 5.69 Å². The molecule has 1 rings (SSSR count). The van der Waals surface area contributed by atoms with Crippen LogP contribution in [0.5, 0.6) is 0 Å². The van der Waals surface area contributed by atoms with E-state index < -0.39 is 11.0 Å². The Bertz CT molecular complexity index is 489. The SMILES string of the molecule is CCOC(=O)Nc1ccc([N+](=O)[O-])c(NCC(C)C)c1. The molecule has 1 amide bonds. The minimum atomic E-state index is -0.587. The Morgan fingerprint density at radius 3 is 2.70 bits per heavy atom. The molecular formula is C13H19N3O4. The molecule has 20 heavy (non-hydrogen) atoms. The number of carbonyl (C=O) groups excluding carboxylic acids is 1. The van der Waals surface area contributed by atoms with Gasteiger partial charge in [-0.05, 0) is 25.0 Å². The first-order valence-corrected chi connectivity index (χ1v) is 6.40. The van der Waals surface area contributed by atoms with E-state index in [9.17, 15) is 14.9 Å². The summed E-state index contributed by atoms with van der Waals surface area (Å²) >= 11 is 0. The zero-order valence-corrected chi connectivity index (χ0v) is 11.8. The maximum atomic E-state index is 11.3. The molecule has 1 aromatic carbocycles. The molecule has 0 radical (unpaired) electrons. The van der Waals surface area contributed by atoms with Crippen LogP contribution < -0.4 is 10.6 Å². The van der Waals surface area contributed by atoms with E-state index >= 15 is 0 Å². The Morgan fingerprint density at radius 2 is 2.15 bits per heavy atom. The molecule has 0 bridgehead atoms. The number of ether oxygens (including phenoxy) is 1. The minimum Gasteiger partial charge on any atom is -0.450 e. The first kappa shape index (κ1) is 15.7. The third-order valence-corrected chi connectivity index (χ3v) is 2.42. The number of nitro benzene ring substituents is 1. The second-order valence-corrected chi connectivity index (χ2v) is 4.61. The van der Waals surface area contributed by atoms with E-state index in [2.05, 4.69) is 10.6 Å². The van der Waals surface area contributed by atoms with E-state index in [-0.39, 0.29) is 12.3 Å². The fourth-order valence-corrected chi connectivity index (χ4v) is 1.51. The average molecular weight is 281 g/mol. The third-order valence-electron chi connectivity index (χ3n) is 2.42. The van der Waals surface area contributed by atoms with Crippen LogP contribution in [0.15, 0.2) is 18.2 Å². The van der Waals surface area contributed by atoms with Crippen molar-refractivity contribution in [2.24, 2.45) is 5.92 Å². The van der Waals surface area contributed by atoms with Crippen molar-refractivity contribution < 1.29 is 14.5 Å². The first-order valence-electron chi connectivity index (χ1n) is 6.40. The number of hydrogen-bond acceptors (Lipinski definition) is 5. The Morgan fingerprint density at radius 1 is 1.45 bits per heavy atom. The van der Waals surface area contributed by atoms with Gasteiger partial charge < -0.3 is 10.1 Å². The summed E-state index contributed by atoms with van der Waals surface area (Å²) in [5.74, 6) is 0.344. The van der Waals surface area contributed by atoms with E-state index in [1.807, 2.05) is 13.8 Å². The Balaban J connectivity index is 2.91. The molecule has 0 spiro atoms. The molecule has 0 saturated carbocycles. The summed E-state index contributed by atoms with van der Waals surface area (Å²) in [6.45, 7) is 6.56. The van der Waals surface area contributed by atoms with Crippen LogP contribution in [0.3, 0.4) is 0 Å². The maximum Gasteiger partial charge on any atom is 0.411 e. The molecular weight excluding hydrogens is 262 g/mol. The van der Waals surface area contributed by atoms with Crippen LogP contribution in [0.1, 0.15) is 20.8 Å². The van der Waals surface area contributed by atoms with Crippen LogP contribution in [-0.2, 0) is 4.74 Å². The van der Waals surface area contributed by atoms with Gasteiger partial charge in [0.2, 0.25) is 0 Å². The minimum absolute atomic E-state index is 0.0277. The quantitative estimate of drug-likeness (QED) is 0.616. The van der Waals surface area contributed by atoms with Gasteiger partial charge in [0.25, 0.3) is 5.69 Å². The van der Waals surface area contributed by atoms with Gasteiger partial charge >= 0.3 is 6.09 Å². The van der Waals surface area contributed by atoms with Crippen molar-refractivity contribution >= 4 is 23.2 Å². The van der Waals surface area contributed by atoms with Crippen molar-refractivity contribution in [3.05, 3.63) is 28.3 Å². The molecule has 7 heteroatoms. The monoisotopic (exact) mass is 281 g/mol. The van der Waals surface area contributed by atoms with Crippen LogP contribution in [0, 0.1) is 16.0 Å². The topological polar surface area (TPSA) is 93.5 Å². The number of nitro groups is 1. The summed E-state index contributed by atoms with van der Waals surface area (Å²) in [7, 11) is 0. The standard InChI is InChI=1S/C13H19N3O4/c1-4-20-13(17)15-10-5-6-12(16(18)19)11(7-10)14-8-9(2)3/h5-7,9,14H,4,8H2,1-3H3,(H,15,17). The van der Waals surface area contributed by atoms with Gasteiger partial charge in [-0.1, -0.05) is 13.8 Å². The van der Waals surface area contributed by atoms with E-state index in [1.54, 1.807) is 6.92 Å². The summed E-state index contributed by atoms with van der Waals surface area (Å²) in [6.07, 6.45) is -0.587. The van der Waals surface area contributed by atoms with E-state index in [0.29, 0.717) is 23.8 Å². The van der Waals surface area contributed by atoms with Gasteiger partial charge in [-0.15, -0.1) is 0 Å². The van der Waals surface area contributed by atoms with Crippen LogP contribution in [0.25, 0.3) is 0 Å². The number of anilines is 2. The molecule has 0 aliphatic rings. The van der Waals surface area contributed by atoms with Crippen LogP contribution in [0.2, 0.25) is 0 Å². The highest BCUT2D eigenvalue weighted by Crippen LogP contribution is 2.28. The van der Waals surface area contributed by atoms with Crippen molar-refractivity contribution in [2.75, 3.05) is 23.8 Å². The third kappa shape index (κ3) is 4.75. The largest absolute Gasteiger partial charge is 0.450 e. The number of benzene rings is 1. The molecule has 0 heterocycles. The molecule has 0 atom stereocenters. The zero-order valence-electron chi connectivity index (χ0n) is 11.8. The summed E-state index contributed by atoms with van der Waals surface area (Å²) in [5.41, 5.74) is 0.790. The molecule has 0 aliphatic heterocycles. The Labute approximate surface area is 117 Å². The predicted molar refractivity (Wildman–Crippen MR) is 77.1 cm³/mol. The molecule has 110 valence electrons. The second kappa shape index (κ2) is 7.32. The summed E-state index contributed by atoms with van der Waals surface area (Å²) in [4.78, 5) is 21.8. The molecule has 0 aliphatic carbocycles. The van der Waals surface area contributed by atoms with Gasteiger partial charge in [-0.25, -0.2) is 4.79 Å². The number of nitrogens with one attached hydrogen (secondary N) is 2. The zero-order chi connectivity index (χ0) is 15.1. The van der Waals surface area contributed by atoms with E-state index in [1.165, 1.54) is 18.2 Å². The van der Waals surface area contributed by atoms with Gasteiger partial charge in [0.05, 0.1) is 11.5 Å². The lowest BCUT2D eigenvalue weighted by Gasteiger charge is -2.11. The lowest BCUT2D eigenvalue weighted by Crippen LogP contribution is -2.14. The highest BCUT2D eigenvalue weighted by molar-refractivity contribution is 5.86. The fraction of sp³-hybridized carbons (Fsp3) is 0.462. The molecule has 0 aromatic heterocycles. The highest BCUT2D eigenvalue weighted by atomic mass is 16.6. The van der Waals surface area contributed by atoms with Crippen LogP contribution >= 0.6 is 0 Å². The Kier molecular flexibility index (Phi) is 5.76. The first-order chi connectivity index (χ1) is 9.43. The summed E-state index contributed by atoms with van der Waals surface area (Å²) in [6, 6.07) is 4.34. The van der Waals surface area contributed by atoms with Gasteiger partial charge in [-0.3, -0.25) is 15.4 Å². The molecule has 1 aromatic rings. The van der Waals surface area contributed by atoms with Crippen LogP contribution in [0.4, 0.5) is 21.9 Å². The van der Waals surface area contributed by atoms with Crippen molar-refractivity contribution in [3.8, 4) is 0 Å². The number of rotatable bonds is 6. The second-order valence-electron chi connectivity index (χ2n) is 4.61. The summed E-state index contributed by atoms with van der Waals surface area (Å²) < 4.78 is 4.76. The van der Waals surface area contributed by atoms with Gasteiger partial charge in [0, 0.05) is 18.3 Å². The normalized spacial score (nSPS) is 10.2. The van der Waals surface area contributed by atoms with Gasteiger partial charge in [0.15, 0.2) is 0 Å². The molecule has 0 saturated heterocycles.